The van der Waals surface area contributed by atoms with Gasteiger partial charge in [0.2, 0.25) is 0 Å². The Hall–Kier alpha value is -1.91. The van der Waals surface area contributed by atoms with E-state index in [1.54, 1.807) is 11.0 Å². The average molecular weight is 321 g/mol. The van der Waals surface area contributed by atoms with Gasteiger partial charge in [0.25, 0.3) is 5.91 Å². The first-order valence-corrected chi connectivity index (χ1v) is 8.25. The lowest BCUT2D eigenvalue weighted by molar-refractivity contribution is -0.140. The number of amides is 1. The van der Waals surface area contributed by atoms with Crippen LogP contribution < -0.4 is 0 Å². The molecule has 0 spiro atoms. The second-order valence-corrected chi connectivity index (χ2v) is 5.98. The third kappa shape index (κ3) is 5.05. The Morgan fingerprint density at radius 3 is 2.52 bits per heavy atom. The van der Waals surface area contributed by atoms with E-state index in [9.17, 15) is 14.0 Å². The maximum Gasteiger partial charge on any atom is 0.307 e. The van der Waals surface area contributed by atoms with Crippen LogP contribution in [0.25, 0.3) is 0 Å². The fourth-order valence-corrected chi connectivity index (χ4v) is 3.12. The van der Waals surface area contributed by atoms with Gasteiger partial charge in [0.05, 0.1) is 13.5 Å². The number of benzene rings is 1. The highest BCUT2D eigenvalue weighted by Gasteiger charge is 2.26. The van der Waals surface area contributed by atoms with Gasteiger partial charge in [-0.3, -0.25) is 9.59 Å². The Labute approximate surface area is 136 Å². The van der Waals surface area contributed by atoms with Crippen LogP contribution in [0.4, 0.5) is 4.39 Å². The highest BCUT2D eigenvalue weighted by atomic mass is 19.1. The molecule has 0 saturated heterocycles. The summed E-state index contributed by atoms with van der Waals surface area (Å²) in [6, 6.07) is 5.84. The largest absolute Gasteiger partial charge is 0.469 e. The molecule has 1 saturated carbocycles. The summed E-state index contributed by atoms with van der Waals surface area (Å²) >= 11 is 0. The van der Waals surface area contributed by atoms with Crippen LogP contribution in [0, 0.1) is 5.82 Å². The minimum atomic E-state index is -0.426. The monoisotopic (exact) mass is 321 g/mol. The molecule has 0 aromatic heterocycles. The van der Waals surface area contributed by atoms with E-state index in [0.29, 0.717) is 12.1 Å². The number of carbonyl (C=O) groups is 2. The van der Waals surface area contributed by atoms with E-state index in [4.69, 9.17) is 0 Å². The van der Waals surface area contributed by atoms with Crippen LogP contribution in [0.1, 0.15) is 55.3 Å². The van der Waals surface area contributed by atoms with Gasteiger partial charge >= 0.3 is 5.97 Å². The number of ether oxygens (including phenoxy) is 1. The van der Waals surface area contributed by atoms with Crippen LogP contribution in [0.3, 0.4) is 0 Å². The predicted molar refractivity (Wildman–Crippen MR) is 85.6 cm³/mol. The molecule has 0 unspecified atom stereocenters. The van der Waals surface area contributed by atoms with E-state index in [-0.39, 0.29) is 24.3 Å². The number of carbonyl (C=O) groups excluding carboxylic acids is 2. The van der Waals surface area contributed by atoms with Crippen molar-refractivity contribution in [1.29, 1.82) is 0 Å². The van der Waals surface area contributed by atoms with Gasteiger partial charge in [0, 0.05) is 18.2 Å². The summed E-state index contributed by atoms with van der Waals surface area (Å²) in [6.07, 6.45) is 6.54. The summed E-state index contributed by atoms with van der Waals surface area (Å²) in [6.45, 7) is 0.312. The van der Waals surface area contributed by atoms with E-state index < -0.39 is 5.82 Å². The van der Waals surface area contributed by atoms with Gasteiger partial charge in [-0.1, -0.05) is 31.7 Å². The molecule has 1 aromatic carbocycles. The minimum absolute atomic E-state index is 0.109. The quantitative estimate of drug-likeness (QED) is 0.615. The number of nitrogens with zero attached hydrogens (tertiary/aromatic N) is 1. The number of halogens is 1. The van der Waals surface area contributed by atoms with Crippen LogP contribution in [0.15, 0.2) is 24.3 Å². The second-order valence-electron chi connectivity index (χ2n) is 5.98. The molecule has 1 aliphatic rings. The Morgan fingerprint density at radius 2 is 1.91 bits per heavy atom. The molecule has 0 bridgehead atoms. The molecule has 1 fully saturated rings. The second kappa shape index (κ2) is 8.65. The van der Waals surface area contributed by atoms with Gasteiger partial charge in [0.15, 0.2) is 0 Å². The molecular formula is C18H24FNO3. The lowest BCUT2D eigenvalue weighted by atomic mass is 10.0. The van der Waals surface area contributed by atoms with E-state index >= 15 is 0 Å². The van der Waals surface area contributed by atoms with Gasteiger partial charge in [-0.25, -0.2) is 4.39 Å². The van der Waals surface area contributed by atoms with Crippen LogP contribution in [-0.2, 0) is 9.53 Å². The lowest BCUT2D eigenvalue weighted by Crippen LogP contribution is -2.41. The minimum Gasteiger partial charge on any atom is -0.469 e. The molecule has 23 heavy (non-hydrogen) atoms. The normalized spacial score (nSPS) is 15.7. The Kier molecular flexibility index (Phi) is 6.56. The van der Waals surface area contributed by atoms with E-state index in [0.717, 1.165) is 25.7 Å². The van der Waals surface area contributed by atoms with Crippen molar-refractivity contribution in [2.75, 3.05) is 13.7 Å². The summed E-state index contributed by atoms with van der Waals surface area (Å²) in [5.74, 6) is -0.972. The van der Waals surface area contributed by atoms with Crippen LogP contribution >= 0.6 is 0 Å². The molecule has 2 rings (SSSR count). The van der Waals surface area contributed by atoms with Crippen molar-refractivity contribution >= 4 is 11.9 Å². The van der Waals surface area contributed by atoms with E-state index in [1.165, 1.54) is 38.2 Å². The summed E-state index contributed by atoms with van der Waals surface area (Å²) < 4.78 is 18.1. The van der Waals surface area contributed by atoms with Crippen LogP contribution in [-0.4, -0.2) is 36.5 Å². The van der Waals surface area contributed by atoms with Crippen LogP contribution in [0.5, 0.6) is 0 Å². The number of methoxy groups -OCH3 is 1. The summed E-state index contributed by atoms with van der Waals surface area (Å²) in [7, 11) is 1.34. The molecule has 0 atom stereocenters. The highest BCUT2D eigenvalue weighted by molar-refractivity contribution is 5.94. The van der Waals surface area contributed by atoms with Crippen molar-refractivity contribution in [1.82, 2.24) is 4.90 Å². The first-order chi connectivity index (χ1) is 11.1. The molecular weight excluding hydrogens is 297 g/mol. The molecule has 1 aliphatic carbocycles. The maximum absolute atomic E-state index is 13.4. The Balaban J connectivity index is 2.16. The van der Waals surface area contributed by atoms with Crippen molar-refractivity contribution < 1.29 is 18.7 Å². The molecule has 5 heteroatoms. The number of rotatable bonds is 5. The van der Waals surface area contributed by atoms with Gasteiger partial charge in [0.1, 0.15) is 5.82 Å². The van der Waals surface area contributed by atoms with Crippen LogP contribution in [0.2, 0.25) is 0 Å². The van der Waals surface area contributed by atoms with Crippen molar-refractivity contribution in [3.05, 3.63) is 35.6 Å². The van der Waals surface area contributed by atoms with Crippen molar-refractivity contribution in [2.45, 2.75) is 51.0 Å². The fraction of sp³-hybridized carbons (Fsp3) is 0.556. The number of hydrogen-bond donors (Lipinski definition) is 0. The maximum atomic E-state index is 13.4. The van der Waals surface area contributed by atoms with Gasteiger partial charge in [-0.05, 0) is 31.0 Å². The van der Waals surface area contributed by atoms with Crippen molar-refractivity contribution in [3.8, 4) is 0 Å². The highest BCUT2D eigenvalue weighted by Crippen LogP contribution is 2.24. The molecule has 0 N–H and O–H groups in total. The smallest absolute Gasteiger partial charge is 0.307 e. The fourth-order valence-electron chi connectivity index (χ4n) is 3.12. The molecule has 1 aromatic rings. The van der Waals surface area contributed by atoms with Crippen molar-refractivity contribution in [2.24, 2.45) is 0 Å². The molecule has 126 valence electrons. The van der Waals surface area contributed by atoms with Gasteiger partial charge in [-0.2, -0.15) is 0 Å². The summed E-state index contributed by atoms with van der Waals surface area (Å²) in [5, 5.41) is 0. The van der Waals surface area contributed by atoms with Gasteiger partial charge < -0.3 is 9.64 Å². The first kappa shape index (κ1) is 17.4. The van der Waals surface area contributed by atoms with E-state index in [2.05, 4.69) is 4.74 Å². The summed E-state index contributed by atoms with van der Waals surface area (Å²) in [5.41, 5.74) is 0.333. The molecule has 1 amide bonds. The zero-order chi connectivity index (χ0) is 16.7. The van der Waals surface area contributed by atoms with E-state index in [1.807, 2.05) is 0 Å². The zero-order valence-electron chi connectivity index (χ0n) is 13.6. The lowest BCUT2D eigenvalue weighted by Gasteiger charge is -2.31. The molecule has 0 radical (unpaired) electrons. The number of esters is 1. The topological polar surface area (TPSA) is 46.6 Å². The number of hydrogen-bond acceptors (Lipinski definition) is 3. The first-order valence-electron chi connectivity index (χ1n) is 8.25. The van der Waals surface area contributed by atoms with Crippen molar-refractivity contribution in [3.63, 3.8) is 0 Å². The molecule has 0 aliphatic heterocycles. The third-order valence-electron chi connectivity index (χ3n) is 4.38. The Bertz CT molecular complexity index is 539. The standard InChI is InChI=1S/C18H24FNO3/c1-23-17(21)11-12-20(16-9-4-2-3-5-10-16)18(22)14-7-6-8-15(19)13-14/h6-8,13,16H,2-5,9-12H2,1H3. The SMILES string of the molecule is COC(=O)CCN(C(=O)c1cccc(F)c1)C1CCCCCC1. The third-order valence-corrected chi connectivity index (χ3v) is 4.38. The summed E-state index contributed by atoms with van der Waals surface area (Å²) in [4.78, 5) is 26.0. The Morgan fingerprint density at radius 1 is 1.22 bits per heavy atom. The van der Waals surface area contributed by atoms with Gasteiger partial charge in [-0.15, -0.1) is 0 Å². The average Bonchev–Trinajstić information content (AvgIpc) is 2.84. The molecule has 4 nitrogen and oxygen atoms in total. The predicted octanol–water partition coefficient (Wildman–Crippen LogP) is 3.55. The molecule has 0 heterocycles. The zero-order valence-corrected chi connectivity index (χ0v) is 13.6.